The molecule has 1 fully saturated rings. The molecule has 1 heterocycles. The number of rotatable bonds is 3. The molecular formula is C12H16NO. The van der Waals surface area contributed by atoms with Crippen molar-refractivity contribution in [3.8, 4) is 5.75 Å². The van der Waals surface area contributed by atoms with Crippen molar-refractivity contribution < 1.29 is 4.74 Å². The summed E-state index contributed by atoms with van der Waals surface area (Å²) in [5.74, 6) is 1.68. The Balaban J connectivity index is 1.76. The van der Waals surface area contributed by atoms with Crippen molar-refractivity contribution >= 4 is 0 Å². The first-order valence-electron chi connectivity index (χ1n) is 5.25. The van der Waals surface area contributed by atoms with E-state index < -0.39 is 0 Å². The molecule has 2 heteroatoms. The first kappa shape index (κ1) is 9.53. The topological polar surface area (TPSA) is 21.3 Å². The third kappa shape index (κ3) is 2.74. The molecule has 0 aromatic heterocycles. The number of nitrogens with one attached hydrogen (secondary N) is 1. The zero-order valence-corrected chi connectivity index (χ0v) is 8.33. The molecule has 0 aliphatic carbocycles. The van der Waals surface area contributed by atoms with Gasteiger partial charge in [-0.25, -0.2) is 0 Å². The number of hydrogen-bond acceptors (Lipinski definition) is 2. The van der Waals surface area contributed by atoms with Crippen molar-refractivity contribution in [1.82, 2.24) is 5.32 Å². The Kier molecular flexibility index (Phi) is 3.41. The van der Waals surface area contributed by atoms with Crippen molar-refractivity contribution in [2.45, 2.75) is 12.8 Å². The average molecular weight is 190 g/mol. The fourth-order valence-electron chi connectivity index (χ4n) is 1.73. The Labute approximate surface area is 85.3 Å². The van der Waals surface area contributed by atoms with Crippen LogP contribution in [-0.4, -0.2) is 19.7 Å². The van der Waals surface area contributed by atoms with E-state index in [0.717, 1.165) is 31.4 Å². The predicted octanol–water partition coefficient (Wildman–Crippen LogP) is 1.87. The van der Waals surface area contributed by atoms with Gasteiger partial charge in [0.05, 0.1) is 6.61 Å². The molecule has 2 rings (SSSR count). The monoisotopic (exact) mass is 190 g/mol. The van der Waals surface area contributed by atoms with Crippen molar-refractivity contribution in [3.63, 3.8) is 0 Å². The highest BCUT2D eigenvalue weighted by Gasteiger charge is 2.13. The summed E-state index contributed by atoms with van der Waals surface area (Å²) < 4.78 is 5.70. The Bertz CT molecular complexity index is 254. The third-order valence-electron chi connectivity index (χ3n) is 2.63. The molecule has 0 saturated carbocycles. The van der Waals surface area contributed by atoms with Crippen LogP contribution in [0.3, 0.4) is 0 Å². The molecule has 1 aliphatic rings. The first-order valence-corrected chi connectivity index (χ1v) is 5.25. The summed E-state index contributed by atoms with van der Waals surface area (Å²) in [6, 6.07) is 10.7. The summed E-state index contributed by atoms with van der Waals surface area (Å²) in [5, 5.41) is 3.35. The second kappa shape index (κ2) is 5.01. The van der Waals surface area contributed by atoms with Crippen molar-refractivity contribution in [1.29, 1.82) is 0 Å². The minimum absolute atomic E-state index is 0.723. The van der Waals surface area contributed by atoms with Gasteiger partial charge in [0.15, 0.2) is 0 Å². The molecule has 0 atom stereocenters. The summed E-state index contributed by atoms with van der Waals surface area (Å²) in [7, 11) is 0. The predicted molar refractivity (Wildman–Crippen MR) is 56.4 cm³/mol. The summed E-state index contributed by atoms with van der Waals surface area (Å²) in [6.07, 6.45) is 2.47. The van der Waals surface area contributed by atoms with Crippen LogP contribution in [0, 0.1) is 12.0 Å². The van der Waals surface area contributed by atoms with Gasteiger partial charge in [-0.1, -0.05) is 12.1 Å². The molecule has 0 amide bonds. The Morgan fingerprint density at radius 1 is 1.29 bits per heavy atom. The van der Waals surface area contributed by atoms with Crippen LogP contribution >= 0.6 is 0 Å². The van der Waals surface area contributed by atoms with Gasteiger partial charge in [0, 0.05) is 0 Å². The standard InChI is InChI=1S/C12H16NO/c1-2-4-12(5-3-1)14-10-11-6-8-13-9-7-11/h2-5,11,13H,6-10H2. The van der Waals surface area contributed by atoms with E-state index >= 15 is 0 Å². The summed E-state index contributed by atoms with van der Waals surface area (Å²) in [4.78, 5) is 0. The molecule has 1 aliphatic heterocycles. The molecule has 0 spiro atoms. The highest BCUT2D eigenvalue weighted by molar-refractivity contribution is 5.20. The lowest BCUT2D eigenvalue weighted by molar-refractivity contribution is 0.215. The van der Waals surface area contributed by atoms with E-state index in [0.29, 0.717) is 0 Å². The maximum absolute atomic E-state index is 5.70. The average Bonchev–Trinajstić information content (AvgIpc) is 2.29. The molecule has 0 bridgehead atoms. The first-order chi connectivity index (χ1) is 6.95. The fourth-order valence-corrected chi connectivity index (χ4v) is 1.73. The molecule has 1 radical (unpaired) electrons. The van der Waals surface area contributed by atoms with Gasteiger partial charge in [0.1, 0.15) is 5.75 Å². The van der Waals surface area contributed by atoms with Crippen molar-refractivity contribution in [2.75, 3.05) is 19.7 Å². The van der Waals surface area contributed by atoms with Crippen LogP contribution in [0.25, 0.3) is 0 Å². The SMILES string of the molecule is [c]1ccc(OCC2CCNCC2)cc1. The lowest BCUT2D eigenvalue weighted by atomic mass is 9.99. The zero-order chi connectivity index (χ0) is 9.64. The van der Waals surface area contributed by atoms with E-state index in [1.165, 1.54) is 12.8 Å². The summed E-state index contributed by atoms with van der Waals surface area (Å²) in [5.41, 5.74) is 0. The minimum Gasteiger partial charge on any atom is -0.493 e. The Morgan fingerprint density at radius 3 is 2.71 bits per heavy atom. The van der Waals surface area contributed by atoms with Crippen LogP contribution in [0.4, 0.5) is 0 Å². The van der Waals surface area contributed by atoms with Gasteiger partial charge in [-0.15, -0.1) is 0 Å². The van der Waals surface area contributed by atoms with Crippen LogP contribution in [0.2, 0.25) is 0 Å². The van der Waals surface area contributed by atoms with Crippen LogP contribution in [-0.2, 0) is 0 Å². The maximum atomic E-state index is 5.70. The molecule has 0 unspecified atom stereocenters. The van der Waals surface area contributed by atoms with E-state index in [1.54, 1.807) is 0 Å². The molecule has 2 nitrogen and oxygen atoms in total. The van der Waals surface area contributed by atoms with Gasteiger partial charge in [-0.3, -0.25) is 0 Å². The van der Waals surface area contributed by atoms with Gasteiger partial charge >= 0.3 is 0 Å². The minimum atomic E-state index is 0.723. The van der Waals surface area contributed by atoms with Crippen LogP contribution < -0.4 is 10.1 Å². The van der Waals surface area contributed by atoms with Gasteiger partial charge in [-0.05, 0) is 50.0 Å². The van der Waals surface area contributed by atoms with Crippen molar-refractivity contribution in [3.05, 3.63) is 30.3 Å². The molecule has 14 heavy (non-hydrogen) atoms. The summed E-state index contributed by atoms with van der Waals surface area (Å²) >= 11 is 0. The third-order valence-corrected chi connectivity index (χ3v) is 2.63. The summed E-state index contributed by atoms with van der Waals surface area (Å²) in [6.45, 7) is 3.12. The lowest BCUT2D eigenvalue weighted by Crippen LogP contribution is -2.30. The number of benzene rings is 1. The second-order valence-corrected chi connectivity index (χ2v) is 3.74. The Hall–Kier alpha value is -1.02. The number of ether oxygens (including phenoxy) is 1. The molecule has 1 aromatic carbocycles. The maximum Gasteiger partial charge on any atom is 0.119 e. The van der Waals surface area contributed by atoms with E-state index in [4.69, 9.17) is 4.74 Å². The molecular weight excluding hydrogens is 174 g/mol. The number of hydrogen-bond donors (Lipinski definition) is 1. The lowest BCUT2D eigenvalue weighted by Gasteiger charge is -2.22. The molecule has 75 valence electrons. The Morgan fingerprint density at radius 2 is 2.00 bits per heavy atom. The number of piperidine rings is 1. The van der Waals surface area contributed by atoms with Gasteiger partial charge in [0.2, 0.25) is 0 Å². The fraction of sp³-hybridized carbons (Fsp3) is 0.500. The second-order valence-electron chi connectivity index (χ2n) is 3.74. The van der Waals surface area contributed by atoms with Gasteiger partial charge in [0.25, 0.3) is 0 Å². The molecule has 1 N–H and O–H groups in total. The molecule has 1 saturated heterocycles. The van der Waals surface area contributed by atoms with Crippen molar-refractivity contribution in [2.24, 2.45) is 5.92 Å². The van der Waals surface area contributed by atoms with E-state index in [1.807, 2.05) is 24.3 Å². The highest BCUT2D eigenvalue weighted by atomic mass is 16.5. The quantitative estimate of drug-likeness (QED) is 0.785. The van der Waals surface area contributed by atoms with E-state index in [9.17, 15) is 0 Å². The molecule has 1 aromatic rings. The highest BCUT2D eigenvalue weighted by Crippen LogP contribution is 2.15. The van der Waals surface area contributed by atoms with Gasteiger partial charge < -0.3 is 10.1 Å². The van der Waals surface area contributed by atoms with Gasteiger partial charge in [-0.2, -0.15) is 0 Å². The van der Waals surface area contributed by atoms with Crippen LogP contribution in [0.1, 0.15) is 12.8 Å². The smallest absolute Gasteiger partial charge is 0.119 e. The van der Waals surface area contributed by atoms with E-state index in [2.05, 4.69) is 11.4 Å². The largest absolute Gasteiger partial charge is 0.493 e. The van der Waals surface area contributed by atoms with E-state index in [-0.39, 0.29) is 0 Å². The normalized spacial score (nSPS) is 18.0. The van der Waals surface area contributed by atoms with Crippen LogP contribution in [0.15, 0.2) is 24.3 Å². The van der Waals surface area contributed by atoms with Crippen LogP contribution in [0.5, 0.6) is 5.75 Å². The zero-order valence-electron chi connectivity index (χ0n) is 8.33.